The summed E-state index contributed by atoms with van der Waals surface area (Å²) in [6.07, 6.45) is 1.12. The van der Waals surface area contributed by atoms with Gasteiger partial charge in [0, 0.05) is 31.2 Å². The van der Waals surface area contributed by atoms with E-state index in [1.54, 1.807) is 0 Å². The second-order valence-electron chi connectivity index (χ2n) is 4.05. The summed E-state index contributed by atoms with van der Waals surface area (Å²) in [7, 11) is 2.05. The van der Waals surface area contributed by atoms with Crippen LogP contribution in [0, 0.1) is 0 Å². The van der Waals surface area contributed by atoms with Crippen molar-refractivity contribution in [3.63, 3.8) is 0 Å². The number of rotatable bonds is 2. The van der Waals surface area contributed by atoms with Crippen molar-refractivity contribution in [3.05, 3.63) is 33.3 Å². The Morgan fingerprint density at radius 1 is 1.53 bits per heavy atom. The van der Waals surface area contributed by atoms with Gasteiger partial charge >= 0.3 is 0 Å². The molecular formula is C12H15BrClN3. The van der Waals surface area contributed by atoms with Gasteiger partial charge in [-0.05, 0) is 34.0 Å². The van der Waals surface area contributed by atoms with Crippen LogP contribution in [-0.4, -0.2) is 31.0 Å². The molecule has 0 bridgehead atoms. The lowest BCUT2D eigenvalue weighted by Gasteiger charge is -2.25. The Morgan fingerprint density at radius 2 is 2.35 bits per heavy atom. The lowest BCUT2D eigenvalue weighted by Crippen LogP contribution is -2.41. The van der Waals surface area contributed by atoms with Gasteiger partial charge < -0.3 is 10.2 Å². The van der Waals surface area contributed by atoms with Crippen molar-refractivity contribution in [1.29, 1.82) is 0 Å². The number of halogens is 2. The zero-order valence-corrected chi connectivity index (χ0v) is 12.1. The van der Waals surface area contributed by atoms with E-state index in [1.807, 2.05) is 25.2 Å². The van der Waals surface area contributed by atoms with E-state index in [9.17, 15) is 0 Å². The molecule has 1 aliphatic heterocycles. The monoisotopic (exact) mass is 315 g/mol. The average molecular weight is 317 g/mol. The molecule has 2 rings (SSSR count). The van der Waals surface area contributed by atoms with Gasteiger partial charge in [0.05, 0.1) is 5.02 Å². The Labute approximate surface area is 115 Å². The van der Waals surface area contributed by atoms with E-state index in [2.05, 4.69) is 31.1 Å². The van der Waals surface area contributed by atoms with Crippen molar-refractivity contribution in [2.45, 2.75) is 13.0 Å². The minimum atomic E-state index is 0.696. The fourth-order valence-corrected chi connectivity index (χ4v) is 2.37. The van der Waals surface area contributed by atoms with Gasteiger partial charge in [-0.1, -0.05) is 23.7 Å². The predicted octanol–water partition coefficient (Wildman–Crippen LogP) is 2.88. The van der Waals surface area contributed by atoms with Crippen LogP contribution in [0.3, 0.4) is 0 Å². The third-order valence-electron chi connectivity index (χ3n) is 2.74. The summed E-state index contributed by atoms with van der Waals surface area (Å²) in [5.41, 5.74) is 1.07. The first-order valence-electron chi connectivity index (χ1n) is 5.61. The largest absolute Gasteiger partial charge is 0.352 e. The molecule has 0 unspecified atom stereocenters. The van der Waals surface area contributed by atoms with Crippen molar-refractivity contribution in [3.8, 4) is 0 Å². The zero-order valence-electron chi connectivity index (χ0n) is 9.71. The van der Waals surface area contributed by atoms with Gasteiger partial charge in [-0.3, -0.25) is 4.99 Å². The molecular weight excluding hydrogens is 302 g/mol. The Hall–Kier alpha value is -0.740. The molecule has 0 radical (unpaired) electrons. The number of nitrogens with zero attached hydrogens (tertiary/aromatic N) is 2. The van der Waals surface area contributed by atoms with Gasteiger partial charge in [0.2, 0.25) is 0 Å². The highest BCUT2D eigenvalue weighted by Gasteiger charge is 2.11. The number of benzene rings is 1. The normalized spacial score (nSPS) is 15.7. The van der Waals surface area contributed by atoms with E-state index in [-0.39, 0.29) is 0 Å². The lowest BCUT2D eigenvalue weighted by atomic mass is 10.2. The van der Waals surface area contributed by atoms with E-state index in [0.717, 1.165) is 40.5 Å². The highest BCUT2D eigenvalue weighted by atomic mass is 79.9. The van der Waals surface area contributed by atoms with Crippen molar-refractivity contribution in [2.24, 2.45) is 4.99 Å². The molecule has 0 amide bonds. The summed E-state index contributed by atoms with van der Waals surface area (Å²) in [6, 6.07) is 5.94. The second-order valence-corrected chi connectivity index (χ2v) is 5.28. The lowest BCUT2D eigenvalue weighted by molar-refractivity contribution is 0.446. The maximum absolute atomic E-state index is 6.21. The van der Waals surface area contributed by atoms with Crippen LogP contribution in [0.1, 0.15) is 12.0 Å². The first-order valence-corrected chi connectivity index (χ1v) is 6.78. The van der Waals surface area contributed by atoms with Crippen molar-refractivity contribution in [1.82, 2.24) is 10.2 Å². The van der Waals surface area contributed by atoms with E-state index in [4.69, 9.17) is 11.6 Å². The smallest absolute Gasteiger partial charge is 0.193 e. The quantitative estimate of drug-likeness (QED) is 0.908. The molecule has 17 heavy (non-hydrogen) atoms. The fraction of sp³-hybridized carbons (Fsp3) is 0.417. The molecule has 1 heterocycles. The first-order chi connectivity index (χ1) is 8.18. The number of guanidine groups is 1. The van der Waals surface area contributed by atoms with Crippen LogP contribution in [0.5, 0.6) is 0 Å². The molecule has 1 aliphatic rings. The van der Waals surface area contributed by atoms with Crippen LogP contribution in [0.4, 0.5) is 0 Å². The van der Waals surface area contributed by atoms with E-state index < -0.39 is 0 Å². The summed E-state index contributed by atoms with van der Waals surface area (Å²) in [6.45, 7) is 2.65. The van der Waals surface area contributed by atoms with Crippen molar-refractivity contribution >= 4 is 33.5 Å². The van der Waals surface area contributed by atoms with Gasteiger partial charge in [0.25, 0.3) is 0 Å². The number of aliphatic imine (C=N–C) groups is 1. The number of nitrogens with one attached hydrogen (secondary N) is 1. The van der Waals surface area contributed by atoms with Gasteiger partial charge in [-0.2, -0.15) is 0 Å². The summed E-state index contributed by atoms with van der Waals surface area (Å²) >= 11 is 9.63. The van der Waals surface area contributed by atoms with Gasteiger partial charge in [0.15, 0.2) is 5.96 Å². The van der Waals surface area contributed by atoms with Gasteiger partial charge in [-0.15, -0.1) is 0 Å². The Balaban J connectivity index is 2.02. The van der Waals surface area contributed by atoms with Gasteiger partial charge in [0.1, 0.15) is 0 Å². The van der Waals surface area contributed by atoms with Crippen LogP contribution in [0.25, 0.3) is 0 Å². The van der Waals surface area contributed by atoms with Crippen molar-refractivity contribution in [2.75, 3.05) is 20.1 Å². The summed E-state index contributed by atoms with van der Waals surface area (Å²) in [5.74, 6) is 0.951. The minimum absolute atomic E-state index is 0.696. The molecule has 0 saturated carbocycles. The Morgan fingerprint density at radius 3 is 3.12 bits per heavy atom. The maximum atomic E-state index is 6.21. The van der Waals surface area contributed by atoms with Gasteiger partial charge in [-0.25, -0.2) is 0 Å². The molecule has 0 atom stereocenters. The van der Waals surface area contributed by atoms with Crippen molar-refractivity contribution < 1.29 is 0 Å². The number of hydrogen-bond acceptors (Lipinski definition) is 3. The predicted molar refractivity (Wildman–Crippen MR) is 75.5 cm³/mol. The molecule has 0 saturated heterocycles. The molecule has 1 aromatic rings. The highest BCUT2D eigenvalue weighted by molar-refractivity contribution is 9.10. The Kier molecular flexibility index (Phi) is 4.29. The molecule has 0 aromatic heterocycles. The minimum Gasteiger partial charge on any atom is -0.352 e. The van der Waals surface area contributed by atoms with Crippen LogP contribution in [-0.2, 0) is 6.54 Å². The summed E-state index contributed by atoms with van der Waals surface area (Å²) < 4.78 is 0.928. The number of hydrogen-bond donors (Lipinski definition) is 1. The molecule has 5 heteroatoms. The van der Waals surface area contributed by atoms with E-state index in [0.29, 0.717) is 6.54 Å². The molecule has 3 nitrogen and oxygen atoms in total. The molecule has 92 valence electrons. The molecule has 1 N–H and O–H groups in total. The second kappa shape index (κ2) is 5.74. The summed E-state index contributed by atoms with van der Waals surface area (Å²) in [5, 5.41) is 4.09. The average Bonchev–Trinajstić information content (AvgIpc) is 2.33. The zero-order chi connectivity index (χ0) is 12.3. The fourth-order valence-electron chi connectivity index (χ4n) is 1.77. The SMILES string of the molecule is CN1CCCN=C1NCc1cccc(Br)c1Cl. The molecule has 0 aliphatic carbocycles. The first kappa shape index (κ1) is 12.7. The summed E-state index contributed by atoms with van der Waals surface area (Å²) in [4.78, 5) is 6.59. The molecule has 0 fully saturated rings. The maximum Gasteiger partial charge on any atom is 0.193 e. The van der Waals surface area contributed by atoms with Crippen LogP contribution >= 0.6 is 27.5 Å². The van der Waals surface area contributed by atoms with Crippen LogP contribution < -0.4 is 5.32 Å². The third kappa shape index (κ3) is 3.13. The van der Waals surface area contributed by atoms with Crippen LogP contribution in [0.2, 0.25) is 5.02 Å². The molecule has 1 aromatic carbocycles. The Bertz CT molecular complexity index is 434. The standard InChI is InChI=1S/C12H15BrClN3/c1-17-7-3-6-15-12(17)16-8-9-4-2-5-10(13)11(9)14/h2,4-5H,3,6-8H2,1H3,(H,15,16). The van der Waals surface area contributed by atoms with Crippen LogP contribution in [0.15, 0.2) is 27.7 Å². The topological polar surface area (TPSA) is 27.6 Å². The molecule has 0 spiro atoms. The van der Waals surface area contributed by atoms with E-state index >= 15 is 0 Å². The third-order valence-corrected chi connectivity index (χ3v) is 4.08. The van der Waals surface area contributed by atoms with E-state index in [1.165, 1.54) is 0 Å². The highest BCUT2D eigenvalue weighted by Crippen LogP contribution is 2.25.